The summed E-state index contributed by atoms with van der Waals surface area (Å²) >= 11 is 0. The van der Waals surface area contributed by atoms with Crippen molar-refractivity contribution in [2.24, 2.45) is 0 Å². The number of imidazole rings is 1. The summed E-state index contributed by atoms with van der Waals surface area (Å²) in [6.45, 7) is 7.00. The van der Waals surface area contributed by atoms with Gasteiger partial charge in [-0.05, 0) is 62.4 Å². The van der Waals surface area contributed by atoms with Gasteiger partial charge in [0.1, 0.15) is 0 Å². The van der Waals surface area contributed by atoms with Crippen LogP contribution in [0.3, 0.4) is 0 Å². The molecule has 2 heterocycles. The van der Waals surface area contributed by atoms with Crippen molar-refractivity contribution >= 4 is 56.6 Å². The second-order valence-corrected chi connectivity index (χ2v) is 20.0. The van der Waals surface area contributed by atoms with Gasteiger partial charge in [-0.1, -0.05) is 151 Å². The van der Waals surface area contributed by atoms with Gasteiger partial charge in [-0.3, -0.25) is 4.98 Å². The quantitative estimate of drug-likeness (QED) is 0.0978. The van der Waals surface area contributed by atoms with Gasteiger partial charge in [-0.25, -0.2) is 0 Å². The van der Waals surface area contributed by atoms with Gasteiger partial charge >= 0.3 is 0 Å². The van der Waals surface area contributed by atoms with E-state index in [0.717, 1.165) is 39.4 Å². The van der Waals surface area contributed by atoms with Crippen LogP contribution >= 0.6 is 0 Å². The summed E-state index contributed by atoms with van der Waals surface area (Å²) in [5, 5.41) is 8.86. The molecule has 0 saturated carbocycles. The van der Waals surface area contributed by atoms with E-state index in [1.54, 1.807) is 0 Å². The summed E-state index contributed by atoms with van der Waals surface area (Å²) in [6, 6.07) is 68.4. The monoisotopic (exact) mass is 914 g/mol. The Bertz CT molecular complexity index is 2900. The van der Waals surface area contributed by atoms with E-state index in [4.69, 9.17) is 4.98 Å². The van der Waals surface area contributed by atoms with Gasteiger partial charge in [0.25, 0.3) is 0 Å². The van der Waals surface area contributed by atoms with Crippen LogP contribution in [0.25, 0.3) is 82.8 Å². The molecule has 0 fully saturated rings. The molecular weight excluding hydrogens is 875 g/mol. The predicted octanol–water partition coefficient (Wildman–Crippen LogP) is 12.7. The summed E-state index contributed by atoms with van der Waals surface area (Å²) in [4.78, 5) is 9.64. The average Bonchev–Trinajstić information content (AvgIpc) is 3.64. The third kappa shape index (κ3) is 7.13. The van der Waals surface area contributed by atoms with Crippen LogP contribution in [0.2, 0.25) is 19.6 Å². The van der Waals surface area contributed by atoms with Crippen molar-refractivity contribution < 1.29 is 20.1 Å². The summed E-state index contributed by atoms with van der Waals surface area (Å²) in [7, 11) is -1.23. The van der Waals surface area contributed by atoms with Crippen molar-refractivity contribution in [1.82, 2.24) is 14.5 Å². The minimum absolute atomic E-state index is 0. The van der Waals surface area contributed by atoms with Gasteiger partial charge < -0.3 is 9.55 Å². The number of rotatable bonds is 5. The molecular formula is C51H39IrN3Si-2. The number of fused-ring (bicyclic) bond motifs is 7. The smallest absolute Gasteiger partial charge is 0.0795 e. The van der Waals surface area contributed by atoms with E-state index in [0.29, 0.717) is 0 Å². The molecule has 0 aliphatic carbocycles. The molecule has 3 nitrogen and oxygen atoms in total. The molecule has 0 amide bonds. The normalized spacial score (nSPS) is 11.3. The molecule has 8 aromatic carbocycles. The zero-order valence-corrected chi connectivity index (χ0v) is 34.9. The van der Waals surface area contributed by atoms with Gasteiger partial charge in [0.2, 0.25) is 0 Å². The number of benzene rings is 8. The summed E-state index contributed by atoms with van der Waals surface area (Å²) in [5.41, 5.74) is 8.57. The van der Waals surface area contributed by atoms with Crippen molar-refractivity contribution in [3.05, 3.63) is 194 Å². The molecule has 0 spiro atoms. The molecule has 2 aromatic heterocycles. The summed E-state index contributed by atoms with van der Waals surface area (Å²) < 4.78 is 2.25. The minimum Gasteiger partial charge on any atom is -0.333 e. The van der Waals surface area contributed by atoms with Crippen LogP contribution in [0.15, 0.2) is 182 Å². The van der Waals surface area contributed by atoms with Crippen LogP contribution in [0.5, 0.6) is 0 Å². The number of para-hydroxylation sites is 2. The Morgan fingerprint density at radius 1 is 0.518 bits per heavy atom. The Balaban J connectivity index is 0.000000219. The van der Waals surface area contributed by atoms with E-state index in [-0.39, 0.29) is 20.1 Å². The fraction of sp³-hybridized carbons (Fsp3) is 0.0588. The first kappa shape index (κ1) is 37.0. The molecule has 0 unspecified atom stereocenters. The van der Waals surface area contributed by atoms with Crippen LogP contribution in [-0.2, 0) is 20.1 Å². The van der Waals surface area contributed by atoms with E-state index in [1.165, 1.54) is 48.6 Å². The number of aromatic nitrogens is 3. The first-order valence-electron chi connectivity index (χ1n) is 18.7. The molecule has 0 N–H and O–H groups in total. The van der Waals surface area contributed by atoms with Crippen LogP contribution in [0.1, 0.15) is 0 Å². The molecule has 0 saturated heterocycles. The second-order valence-electron chi connectivity index (χ2n) is 14.9. The molecule has 10 rings (SSSR count). The Hall–Kier alpha value is -5.97. The number of pyridine rings is 1. The standard InChI is InChI=1S/C37H23N2.C14H16NSi.Ir/c1-2-10-25(11-3-1)26-18-21-28(22-19-26)39-36-17-9-8-16-35(36)38-37(39)27-20-23-33-31-14-5-4-12-29(31)30-13-6-7-15-32(30)34(33)24-27;1-16(2,3)13-9-10-14(15-11-13)12-7-5-4-6-8-12;/h1-19,21-24H;4-7,9-11H,1-3H3;/q2*-1;. The molecule has 10 aromatic rings. The zero-order valence-electron chi connectivity index (χ0n) is 31.5. The Morgan fingerprint density at radius 3 is 1.77 bits per heavy atom. The maximum Gasteiger partial charge on any atom is 0.0795 e. The maximum absolute atomic E-state index is 5.12. The van der Waals surface area contributed by atoms with Crippen molar-refractivity contribution in [2.75, 3.05) is 0 Å². The second kappa shape index (κ2) is 15.6. The van der Waals surface area contributed by atoms with Crippen molar-refractivity contribution in [3.8, 4) is 39.5 Å². The van der Waals surface area contributed by atoms with Gasteiger partial charge in [-0.15, -0.1) is 59.7 Å². The molecule has 273 valence electrons. The topological polar surface area (TPSA) is 30.7 Å². The molecule has 56 heavy (non-hydrogen) atoms. The molecule has 0 aliphatic heterocycles. The Morgan fingerprint density at radius 2 is 1.12 bits per heavy atom. The van der Waals surface area contributed by atoms with E-state index in [2.05, 4.69) is 181 Å². The van der Waals surface area contributed by atoms with E-state index in [9.17, 15) is 0 Å². The van der Waals surface area contributed by atoms with Gasteiger partial charge in [0.05, 0.1) is 24.9 Å². The predicted molar refractivity (Wildman–Crippen MR) is 235 cm³/mol. The first-order valence-corrected chi connectivity index (χ1v) is 22.2. The minimum atomic E-state index is -1.23. The fourth-order valence-electron chi connectivity index (χ4n) is 7.42. The van der Waals surface area contributed by atoms with Gasteiger partial charge in [-0.2, -0.15) is 0 Å². The third-order valence-corrected chi connectivity index (χ3v) is 12.4. The average molecular weight is 914 g/mol. The van der Waals surface area contributed by atoms with Gasteiger partial charge in [0.15, 0.2) is 0 Å². The SMILES string of the molecule is C[Si](C)(C)c1ccc(-c2[c-]cccc2)nc1.[Ir].[c-]1cc2c3ccccc3c3ccccc3c2cc1-c1nc2ccccc2n1-c1ccc(-c2ccccc2)cc1. The maximum atomic E-state index is 5.12. The van der Waals surface area contributed by atoms with E-state index < -0.39 is 8.07 Å². The molecule has 0 atom stereocenters. The van der Waals surface area contributed by atoms with Crippen molar-refractivity contribution in [3.63, 3.8) is 0 Å². The number of hydrogen-bond donors (Lipinski definition) is 0. The van der Waals surface area contributed by atoms with Crippen molar-refractivity contribution in [2.45, 2.75) is 19.6 Å². The Kier molecular flexibility index (Phi) is 10.3. The number of hydrogen-bond acceptors (Lipinski definition) is 2. The van der Waals surface area contributed by atoms with Crippen LogP contribution < -0.4 is 5.19 Å². The van der Waals surface area contributed by atoms with E-state index in [1.807, 2.05) is 42.6 Å². The Labute approximate surface area is 342 Å². The molecule has 0 aliphatic rings. The number of nitrogens with zero attached hydrogens (tertiary/aromatic N) is 3. The van der Waals surface area contributed by atoms with E-state index >= 15 is 0 Å². The summed E-state index contributed by atoms with van der Waals surface area (Å²) in [5.74, 6) is 0.891. The summed E-state index contributed by atoms with van der Waals surface area (Å²) in [6.07, 6.45) is 2.02. The fourth-order valence-corrected chi connectivity index (χ4v) is 8.46. The van der Waals surface area contributed by atoms with Crippen LogP contribution in [0.4, 0.5) is 0 Å². The third-order valence-electron chi connectivity index (χ3n) is 10.3. The van der Waals surface area contributed by atoms with Gasteiger partial charge in [0, 0.05) is 32.0 Å². The molecule has 0 bridgehead atoms. The first-order chi connectivity index (χ1) is 26.9. The largest absolute Gasteiger partial charge is 0.333 e. The van der Waals surface area contributed by atoms with Crippen LogP contribution in [-0.4, -0.2) is 22.6 Å². The van der Waals surface area contributed by atoms with Crippen molar-refractivity contribution in [1.29, 1.82) is 0 Å². The molecule has 1 radical (unpaired) electrons. The zero-order chi connectivity index (χ0) is 37.4. The molecule has 5 heteroatoms. The van der Waals surface area contributed by atoms with Crippen LogP contribution in [0, 0.1) is 12.1 Å².